The molecule has 0 amide bonds. The van der Waals surface area contributed by atoms with E-state index < -0.39 is 22.7 Å². The predicted octanol–water partition coefficient (Wildman–Crippen LogP) is 0.345. The van der Waals surface area contributed by atoms with E-state index in [9.17, 15) is 21.6 Å². The molecule has 1 saturated heterocycles. The summed E-state index contributed by atoms with van der Waals surface area (Å²) in [5, 5.41) is 5.97. The summed E-state index contributed by atoms with van der Waals surface area (Å²) >= 11 is 0. The number of guanidine groups is 1. The highest BCUT2D eigenvalue weighted by atomic mass is 127. The molecule has 0 saturated carbocycles. The van der Waals surface area contributed by atoms with Crippen molar-refractivity contribution in [1.29, 1.82) is 0 Å². The van der Waals surface area contributed by atoms with Crippen LogP contribution in [0, 0.1) is 0 Å². The van der Waals surface area contributed by atoms with E-state index in [4.69, 9.17) is 0 Å². The summed E-state index contributed by atoms with van der Waals surface area (Å²) in [6, 6.07) is -0.115. The average Bonchev–Trinajstić information content (AvgIpc) is 2.87. The zero-order valence-corrected chi connectivity index (χ0v) is 16.8. The third kappa shape index (κ3) is 9.84. The van der Waals surface area contributed by atoms with Gasteiger partial charge in [0.05, 0.1) is 12.3 Å². The van der Waals surface area contributed by atoms with Gasteiger partial charge < -0.3 is 10.6 Å². The van der Waals surface area contributed by atoms with Crippen LogP contribution in [0.25, 0.3) is 0 Å². The van der Waals surface area contributed by atoms with Gasteiger partial charge in [-0.05, 0) is 13.3 Å². The summed E-state index contributed by atoms with van der Waals surface area (Å²) in [7, 11) is -1.69. The number of alkyl halides is 3. The Labute approximate surface area is 157 Å². The first-order valence-corrected chi connectivity index (χ1v) is 9.04. The zero-order chi connectivity index (χ0) is 17.5. The van der Waals surface area contributed by atoms with Crippen molar-refractivity contribution in [1.82, 2.24) is 20.3 Å². The number of nitrogens with one attached hydrogen (secondary N) is 3. The lowest BCUT2D eigenvalue weighted by Gasteiger charge is -2.19. The molecule has 3 N–H and O–H groups in total. The molecule has 1 atom stereocenters. The number of hydrogen-bond acceptors (Lipinski definition) is 4. The van der Waals surface area contributed by atoms with Gasteiger partial charge in [-0.1, -0.05) is 0 Å². The van der Waals surface area contributed by atoms with Crippen LogP contribution >= 0.6 is 24.0 Å². The summed E-state index contributed by atoms with van der Waals surface area (Å²) in [6.07, 6.45) is -3.59. The first-order valence-electron chi connectivity index (χ1n) is 7.39. The molecule has 1 rings (SSSR count). The van der Waals surface area contributed by atoms with Crippen molar-refractivity contribution in [2.24, 2.45) is 4.99 Å². The molecule has 1 fully saturated rings. The van der Waals surface area contributed by atoms with E-state index in [0.717, 1.165) is 0 Å². The monoisotopic (exact) mass is 487 g/mol. The molecular weight excluding hydrogens is 462 g/mol. The lowest BCUT2D eigenvalue weighted by Crippen LogP contribution is -2.47. The first kappa shape index (κ1) is 23.7. The number of aliphatic imine (C=N–C) groups is 1. The van der Waals surface area contributed by atoms with Gasteiger partial charge in [0.15, 0.2) is 5.96 Å². The molecule has 0 aliphatic carbocycles. The van der Waals surface area contributed by atoms with Crippen LogP contribution in [0.2, 0.25) is 0 Å². The first-order chi connectivity index (χ1) is 10.6. The average molecular weight is 487 g/mol. The molecule has 0 radical (unpaired) electrons. The van der Waals surface area contributed by atoms with E-state index in [2.05, 4.69) is 20.3 Å². The van der Waals surface area contributed by atoms with Crippen LogP contribution < -0.4 is 15.4 Å². The highest BCUT2D eigenvalue weighted by Crippen LogP contribution is 2.19. The minimum absolute atomic E-state index is 0. The molecule has 24 heavy (non-hydrogen) atoms. The molecule has 1 aliphatic heterocycles. The quantitative estimate of drug-likeness (QED) is 0.209. The Morgan fingerprint density at radius 3 is 2.54 bits per heavy atom. The Morgan fingerprint density at radius 2 is 2.00 bits per heavy atom. The molecule has 0 aromatic rings. The minimum atomic E-state index is -4.19. The van der Waals surface area contributed by atoms with E-state index >= 15 is 0 Å². The van der Waals surface area contributed by atoms with Gasteiger partial charge in [-0.15, -0.1) is 24.0 Å². The Morgan fingerprint density at radius 1 is 1.33 bits per heavy atom. The molecule has 1 heterocycles. The maximum Gasteiger partial charge on any atom is 0.401 e. The summed E-state index contributed by atoms with van der Waals surface area (Å²) in [5.74, 6) is 0.455. The lowest BCUT2D eigenvalue weighted by molar-refractivity contribution is -0.143. The number of hydrogen-bond donors (Lipinski definition) is 3. The van der Waals surface area contributed by atoms with Crippen molar-refractivity contribution >= 4 is 40.0 Å². The summed E-state index contributed by atoms with van der Waals surface area (Å²) < 4.78 is 61.9. The van der Waals surface area contributed by atoms with E-state index in [1.165, 1.54) is 4.90 Å². The molecule has 0 aromatic heterocycles. The van der Waals surface area contributed by atoms with Crippen LogP contribution in [-0.4, -0.2) is 77.0 Å². The topological polar surface area (TPSA) is 85.8 Å². The summed E-state index contributed by atoms with van der Waals surface area (Å²) in [4.78, 5) is 5.33. The zero-order valence-electron chi connectivity index (χ0n) is 13.7. The van der Waals surface area contributed by atoms with Crippen LogP contribution in [0.15, 0.2) is 4.99 Å². The van der Waals surface area contributed by atoms with Crippen LogP contribution in [0.4, 0.5) is 13.2 Å². The van der Waals surface area contributed by atoms with Crippen LogP contribution in [-0.2, 0) is 10.0 Å². The lowest BCUT2D eigenvalue weighted by atomic mass is 10.3. The molecule has 144 valence electrons. The van der Waals surface area contributed by atoms with Crippen molar-refractivity contribution in [2.75, 3.05) is 45.5 Å². The Hall–Kier alpha value is -0.340. The molecule has 1 aliphatic rings. The van der Waals surface area contributed by atoms with Crippen molar-refractivity contribution in [3.63, 3.8) is 0 Å². The van der Waals surface area contributed by atoms with Crippen molar-refractivity contribution in [3.8, 4) is 0 Å². The number of likely N-dealkylation sites (tertiary alicyclic amines) is 1. The van der Waals surface area contributed by atoms with Gasteiger partial charge in [0.1, 0.15) is 0 Å². The SMILES string of the molecule is CCS(=O)(=O)NCCNC(=NC)NC1CCN(CC(F)(F)F)C1.I. The van der Waals surface area contributed by atoms with Gasteiger partial charge >= 0.3 is 6.18 Å². The smallest absolute Gasteiger partial charge is 0.355 e. The summed E-state index contributed by atoms with van der Waals surface area (Å²) in [5.41, 5.74) is 0. The largest absolute Gasteiger partial charge is 0.401 e. The molecule has 0 spiro atoms. The second-order valence-electron chi connectivity index (χ2n) is 5.28. The second-order valence-corrected chi connectivity index (χ2v) is 7.37. The van der Waals surface area contributed by atoms with Crippen molar-refractivity contribution in [2.45, 2.75) is 25.6 Å². The maximum atomic E-state index is 12.3. The van der Waals surface area contributed by atoms with Gasteiger partial charge in [-0.2, -0.15) is 13.2 Å². The molecular formula is C12H25F3IN5O2S. The Kier molecular flexibility index (Phi) is 10.5. The fourth-order valence-electron chi connectivity index (χ4n) is 2.23. The van der Waals surface area contributed by atoms with E-state index in [0.29, 0.717) is 32.0 Å². The number of sulfonamides is 1. The van der Waals surface area contributed by atoms with Gasteiger partial charge in [0.2, 0.25) is 10.0 Å². The Balaban J connectivity index is 0.00000529. The second kappa shape index (κ2) is 10.6. The predicted molar refractivity (Wildman–Crippen MR) is 98.3 cm³/mol. The van der Waals surface area contributed by atoms with E-state index in [-0.39, 0.29) is 42.3 Å². The number of halogens is 4. The normalized spacial score (nSPS) is 19.9. The molecule has 1 unspecified atom stereocenters. The van der Waals surface area contributed by atoms with Gasteiger partial charge in [0, 0.05) is 39.3 Å². The highest BCUT2D eigenvalue weighted by Gasteiger charge is 2.34. The van der Waals surface area contributed by atoms with E-state index in [1.807, 2.05) is 0 Å². The fraction of sp³-hybridized carbons (Fsp3) is 0.917. The molecule has 0 bridgehead atoms. The molecule has 0 aromatic carbocycles. The van der Waals surface area contributed by atoms with Gasteiger partial charge in [0.25, 0.3) is 0 Å². The fourth-order valence-corrected chi connectivity index (χ4v) is 2.84. The van der Waals surface area contributed by atoms with Crippen LogP contribution in [0.1, 0.15) is 13.3 Å². The standard InChI is InChI=1S/C12H24F3N5O2S.HI/c1-3-23(21,22)18-6-5-17-11(16-2)19-10-4-7-20(8-10)9-12(13,14)15;/h10,18H,3-9H2,1-2H3,(H2,16,17,19);1H. The third-order valence-corrected chi connectivity index (χ3v) is 4.76. The van der Waals surface area contributed by atoms with E-state index in [1.54, 1.807) is 14.0 Å². The molecule has 12 heteroatoms. The summed E-state index contributed by atoms with van der Waals surface area (Å²) in [6.45, 7) is 1.85. The minimum Gasteiger partial charge on any atom is -0.355 e. The van der Waals surface area contributed by atoms with Gasteiger partial charge in [-0.25, -0.2) is 13.1 Å². The third-order valence-electron chi connectivity index (χ3n) is 3.36. The Bertz CT molecular complexity index is 501. The molecule has 7 nitrogen and oxygen atoms in total. The van der Waals surface area contributed by atoms with Crippen LogP contribution in [0.5, 0.6) is 0 Å². The van der Waals surface area contributed by atoms with Crippen LogP contribution in [0.3, 0.4) is 0 Å². The van der Waals surface area contributed by atoms with Crippen molar-refractivity contribution in [3.05, 3.63) is 0 Å². The number of rotatable bonds is 7. The van der Waals surface area contributed by atoms with Gasteiger partial charge in [-0.3, -0.25) is 9.89 Å². The van der Waals surface area contributed by atoms with Crippen molar-refractivity contribution < 1.29 is 21.6 Å². The number of nitrogens with zero attached hydrogens (tertiary/aromatic N) is 2. The maximum absolute atomic E-state index is 12.3. The highest BCUT2D eigenvalue weighted by molar-refractivity contribution is 14.0.